The second kappa shape index (κ2) is 5.93. The van der Waals surface area contributed by atoms with Gasteiger partial charge in [-0.25, -0.2) is 0 Å². The average Bonchev–Trinajstić information content (AvgIpc) is 2.40. The fraction of sp³-hybridized carbons (Fsp3) is 0.533. The van der Waals surface area contributed by atoms with Crippen LogP contribution in [0.3, 0.4) is 0 Å². The van der Waals surface area contributed by atoms with Crippen LogP contribution in [0.4, 0.5) is 0 Å². The molecule has 0 saturated carbocycles. The lowest BCUT2D eigenvalue weighted by molar-refractivity contribution is 0.0494. The third-order valence-electron chi connectivity index (χ3n) is 3.96. The number of piperidine rings is 1. The summed E-state index contributed by atoms with van der Waals surface area (Å²) in [5.74, 6) is 0.0105. The molecule has 1 fully saturated rings. The highest BCUT2D eigenvalue weighted by Gasteiger charge is 2.32. The molecule has 1 aliphatic heterocycles. The maximum atomic E-state index is 12.7. The number of halogens is 1. The van der Waals surface area contributed by atoms with Crippen LogP contribution in [0.5, 0.6) is 0 Å². The molecule has 1 amide bonds. The number of hydrogen-bond acceptors (Lipinski definition) is 2. The normalized spacial score (nSPS) is 23.5. The zero-order valence-electron chi connectivity index (χ0n) is 11.5. The molecule has 104 valence electrons. The molecule has 19 heavy (non-hydrogen) atoms. The van der Waals surface area contributed by atoms with Crippen molar-refractivity contribution in [1.29, 1.82) is 0 Å². The van der Waals surface area contributed by atoms with Crippen molar-refractivity contribution < 1.29 is 4.79 Å². The second-order valence-electron chi connectivity index (χ2n) is 5.32. The fourth-order valence-electron chi connectivity index (χ4n) is 2.84. The summed E-state index contributed by atoms with van der Waals surface area (Å²) >= 11 is 6.27. The number of carbonyl (C=O) groups excluding carboxylic acids is 1. The molecule has 1 saturated heterocycles. The number of aryl methyl sites for hydroxylation is 1. The summed E-state index contributed by atoms with van der Waals surface area (Å²) in [6.45, 7) is 4.52. The Morgan fingerprint density at radius 1 is 1.47 bits per heavy atom. The van der Waals surface area contributed by atoms with Gasteiger partial charge in [0.25, 0.3) is 5.91 Å². The van der Waals surface area contributed by atoms with Crippen molar-refractivity contribution >= 4 is 17.5 Å². The van der Waals surface area contributed by atoms with Crippen LogP contribution in [0.2, 0.25) is 5.02 Å². The van der Waals surface area contributed by atoms with Crippen LogP contribution in [-0.4, -0.2) is 29.4 Å². The van der Waals surface area contributed by atoms with Crippen LogP contribution in [0.15, 0.2) is 18.2 Å². The Balaban J connectivity index is 2.33. The van der Waals surface area contributed by atoms with Crippen LogP contribution in [0, 0.1) is 6.92 Å². The Bertz CT molecular complexity index is 475. The summed E-state index contributed by atoms with van der Waals surface area (Å²) in [6, 6.07) is 5.95. The average molecular weight is 281 g/mol. The van der Waals surface area contributed by atoms with Crippen molar-refractivity contribution in [3.8, 4) is 0 Å². The van der Waals surface area contributed by atoms with Crippen molar-refractivity contribution in [3.05, 3.63) is 34.3 Å². The highest BCUT2D eigenvalue weighted by molar-refractivity contribution is 6.34. The first-order valence-corrected chi connectivity index (χ1v) is 7.22. The van der Waals surface area contributed by atoms with Gasteiger partial charge in [-0.2, -0.15) is 0 Å². The second-order valence-corrected chi connectivity index (χ2v) is 5.70. The van der Waals surface area contributed by atoms with E-state index in [0.29, 0.717) is 17.1 Å². The number of likely N-dealkylation sites (tertiary alicyclic amines) is 1. The van der Waals surface area contributed by atoms with Gasteiger partial charge in [-0.3, -0.25) is 4.79 Å². The summed E-state index contributed by atoms with van der Waals surface area (Å²) in [4.78, 5) is 14.7. The minimum Gasteiger partial charge on any atom is -0.332 e. The van der Waals surface area contributed by atoms with Crippen molar-refractivity contribution in [3.63, 3.8) is 0 Å². The van der Waals surface area contributed by atoms with Crippen LogP contribution in [0.25, 0.3) is 0 Å². The summed E-state index contributed by atoms with van der Waals surface area (Å²) in [6.07, 6.45) is 3.15. The van der Waals surface area contributed by atoms with Gasteiger partial charge in [0, 0.05) is 18.6 Å². The van der Waals surface area contributed by atoms with Crippen molar-refractivity contribution in [2.45, 2.75) is 45.2 Å². The van der Waals surface area contributed by atoms with E-state index in [1.807, 2.05) is 24.0 Å². The molecule has 2 N–H and O–H groups in total. The predicted octanol–water partition coefficient (Wildman–Crippen LogP) is 2.99. The molecule has 0 spiro atoms. The minimum atomic E-state index is 0.0105. The highest BCUT2D eigenvalue weighted by atomic mass is 35.5. The number of benzene rings is 1. The van der Waals surface area contributed by atoms with E-state index in [-0.39, 0.29) is 18.0 Å². The van der Waals surface area contributed by atoms with E-state index in [1.54, 1.807) is 6.07 Å². The monoisotopic (exact) mass is 280 g/mol. The zero-order chi connectivity index (χ0) is 14.0. The van der Waals surface area contributed by atoms with Gasteiger partial charge in [-0.15, -0.1) is 0 Å². The largest absolute Gasteiger partial charge is 0.332 e. The topological polar surface area (TPSA) is 46.3 Å². The lowest BCUT2D eigenvalue weighted by atomic mass is 9.95. The van der Waals surface area contributed by atoms with Crippen LogP contribution >= 0.6 is 11.6 Å². The summed E-state index contributed by atoms with van der Waals surface area (Å²) in [5, 5.41) is 0.557. The first-order valence-electron chi connectivity index (χ1n) is 6.84. The van der Waals surface area contributed by atoms with E-state index in [4.69, 9.17) is 17.3 Å². The smallest absolute Gasteiger partial charge is 0.255 e. The molecule has 2 atom stereocenters. The lowest BCUT2D eigenvalue weighted by Gasteiger charge is -2.40. The molecule has 2 rings (SSSR count). The van der Waals surface area contributed by atoms with Crippen molar-refractivity contribution in [2.24, 2.45) is 5.73 Å². The first kappa shape index (κ1) is 14.4. The Kier molecular flexibility index (Phi) is 4.48. The van der Waals surface area contributed by atoms with Gasteiger partial charge in [0.15, 0.2) is 0 Å². The Morgan fingerprint density at radius 3 is 2.89 bits per heavy atom. The number of carbonyl (C=O) groups is 1. The third kappa shape index (κ3) is 2.77. The highest BCUT2D eigenvalue weighted by Crippen LogP contribution is 2.28. The van der Waals surface area contributed by atoms with Gasteiger partial charge in [0.05, 0.1) is 10.6 Å². The first-order chi connectivity index (χ1) is 9.06. The van der Waals surface area contributed by atoms with Gasteiger partial charge in [-0.05, 0) is 44.7 Å². The molecule has 3 nitrogen and oxygen atoms in total. The maximum Gasteiger partial charge on any atom is 0.255 e. The number of rotatable bonds is 2. The van der Waals surface area contributed by atoms with Gasteiger partial charge in [0.2, 0.25) is 0 Å². The van der Waals surface area contributed by atoms with Crippen molar-refractivity contribution in [2.75, 3.05) is 6.54 Å². The molecule has 0 aliphatic carbocycles. The number of hydrogen-bond donors (Lipinski definition) is 1. The summed E-state index contributed by atoms with van der Waals surface area (Å²) in [5.41, 5.74) is 7.34. The minimum absolute atomic E-state index is 0.0105. The molecule has 0 aromatic heterocycles. The lowest BCUT2D eigenvalue weighted by Crippen LogP contribution is -2.51. The van der Waals surface area contributed by atoms with E-state index in [0.717, 1.165) is 24.8 Å². The molecule has 2 unspecified atom stereocenters. The van der Waals surface area contributed by atoms with Crippen LogP contribution in [-0.2, 0) is 0 Å². The molecule has 1 aliphatic rings. The Morgan fingerprint density at radius 2 is 2.21 bits per heavy atom. The number of nitrogens with two attached hydrogens (primary N) is 1. The molecular formula is C15H21ClN2O. The molecule has 1 aromatic carbocycles. The van der Waals surface area contributed by atoms with E-state index < -0.39 is 0 Å². The summed E-state index contributed by atoms with van der Waals surface area (Å²) < 4.78 is 0. The maximum absolute atomic E-state index is 12.7. The Hall–Kier alpha value is -1.06. The van der Waals surface area contributed by atoms with Crippen molar-refractivity contribution in [1.82, 2.24) is 4.90 Å². The third-order valence-corrected chi connectivity index (χ3v) is 4.46. The van der Waals surface area contributed by atoms with Gasteiger partial charge in [-0.1, -0.05) is 23.7 Å². The Labute approximate surface area is 119 Å². The number of nitrogens with zero attached hydrogens (tertiary/aromatic N) is 1. The molecule has 0 bridgehead atoms. The molecular weight excluding hydrogens is 260 g/mol. The van der Waals surface area contributed by atoms with Crippen LogP contribution in [0.1, 0.15) is 42.1 Å². The molecule has 1 heterocycles. The quantitative estimate of drug-likeness (QED) is 0.905. The van der Waals surface area contributed by atoms with E-state index >= 15 is 0 Å². The van der Waals surface area contributed by atoms with Gasteiger partial charge < -0.3 is 10.6 Å². The van der Waals surface area contributed by atoms with E-state index in [2.05, 4.69) is 6.92 Å². The number of amides is 1. The fourth-order valence-corrected chi connectivity index (χ4v) is 3.04. The van der Waals surface area contributed by atoms with E-state index in [1.165, 1.54) is 0 Å². The standard InChI is InChI=1S/C15H21ClN2O/c1-10-5-3-8-13(14(10)16)15(19)18-11(2)6-4-7-12(18)9-17/h3,5,8,11-12H,4,6-7,9,17H2,1-2H3. The molecule has 0 radical (unpaired) electrons. The molecule has 4 heteroatoms. The van der Waals surface area contributed by atoms with Crippen LogP contribution < -0.4 is 5.73 Å². The van der Waals surface area contributed by atoms with E-state index in [9.17, 15) is 4.79 Å². The summed E-state index contributed by atoms with van der Waals surface area (Å²) in [7, 11) is 0. The SMILES string of the molecule is Cc1cccc(C(=O)N2C(C)CCCC2CN)c1Cl. The van der Waals surface area contributed by atoms with Gasteiger partial charge >= 0.3 is 0 Å². The predicted molar refractivity (Wildman–Crippen MR) is 78.5 cm³/mol. The molecule has 1 aromatic rings. The van der Waals surface area contributed by atoms with Gasteiger partial charge in [0.1, 0.15) is 0 Å². The zero-order valence-corrected chi connectivity index (χ0v) is 12.3.